The molecule has 0 bridgehead atoms. The molecular weight excluding hydrogens is 352 g/mol. The van der Waals surface area contributed by atoms with E-state index in [2.05, 4.69) is 5.32 Å². The molecule has 0 heterocycles. The number of carbonyl (C=O) groups excluding carboxylic acids is 2. The Morgan fingerprint density at radius 2 is 1.73 bits per heavy atom. The number of benzene rings is 2. The normalized spacial score (nSPS) is 11.0. The molecule has 0 spiro atoms. The lowest BCUT2D eigenvalue weighted by Gasteiger charge is -2.22. The second-order valence-electron chi connectivity index (χ2n) is 6.11. The summed E-state index contributed by atoms with van der Waals surface area (Å²) in [5.74, 6) is -0.371. The maximum Gasteiger partial charge on any atom is 0.232 e. The summed E-state index contributed by atoms with van der Waals surface area (Å²) in [5, 5.41) is 2.76. The highest BCUT2D eigenvalue weighted by Gasteiger charge is 2.19. The summed E-state index contributed by atoms with van der Waals surface area (Å²) in [4.78, 5) is 23.5. The van der Waals surface area contributed by atoms with Gasteiger partial charge in [-0.2, -0.15) is 0 Å². The van der Waals surface area contributed by atoms with Crippen molar-refractivity contribution in [3.8, 4) is 0 Å². The third kappa shape index (κ3) is 5.42. The van der Waals surface area contributed by atoms with Crippen LogP contribution in [-0.4, -0.2) is 32.9 Å². The number of nitrogens with zero attached hydrogens (tertiary/aromatic N) is 1. The number of anilines is 2. The molecule has 26 heavy (non-hydrogen) atoms. The second-order valence-corrected chi connectivity index (χ2v) is 8.01. The van der Waals surface area contributed by atoms with Crippen LogP contribution in [0.2, 0.25) is 0 Å². The van der Waals surface area contributed by atoms with Crippen LogP contribution in [0.1, 0.15) is 29.3 Å². The van der Waals surface area contributed by atoms with E-state index in [1.807, 2.05) is 25.1 Å². The van der Waals surface area contributed by atoms with E-state index in [1.165, 1.54) is 6.92 Å². The van der Waals surface area contributed by atoms with Gasteiger partial charge in [-0.3, -0.25) is 13.9 Å². The van der Waals surface area contributed by atoms with Crippen molar-refractivity contribution in [2.75, 3.05) is 22.4 Å². The molecule has 0 unspecified atom stereocenters. The van der Waals surface area contributed by atoms with E-state index in [-0.39, 0.29) is 24.7 Å². The predicted molar refractivity (Wildman–Crippen MR) is 103 cm³/mol. The average molecular weight is 374 g/mol. The Morgan fingerprint density at radius 1 is 1.08 bits per heavy atom. The molecule has 0 aliphatic carbocycles. The smallest absolute Gasteiger partial charge is 0.232 e. The standard InChI is InChI=1S/C19H22N2O4S/c1-14-5-4-6-17(13-14)20-19(23)11-12-21(26(3,24)25)18-9-7-16(8-10-18)15(2)22/h4-10,13H,11-12H2,1-3H3,(H,20,23). The van der Waals surface area contributed by atoms with Gasteiger partial charge in [-0.05, 0) is 55.8 Å². The molecule has 0 aliphatic rings. The zero-order valence-electron chi connectivity index (χ0n) is 15.0. The van der Waals surface area contributed by atoms with E-state index in [9.17, 15) is 18.0 Å². The Morgan fingerprint density at radius 3 is 2.27 bits per heavy atom. The van der Waals surface area contributed by atoms with Gasteiger partial charge in [-0.25, -0.2) is 8.42 Å². The Bertz CT molecular complexity index is 905. The molecule has 0 radical (unpaired) electrons. The maximum absolute atomic E-state index is 12.2. The summed E-state index contributed by atoms with van der Waals surface area (Å²) in [6, 6.07) is 13.7. The number of sulfonamides is 1. The van der Waals surface area contributed by atoms with E-state index >= 15 is 0 Å². The van der Waals surface area contributed by atoms with Crippen molar-refractivity contribution in [1.29, 1.82) is 0 Å². The number of Topliss-reactive ketones (excluding diaryl/α,β-unsaturated/α-hetero) is 1. The van der Waals surface area contributed by atoms with Crippen LogP contribution in [-0.2, 0) is 14.8 Å². The van der Waals surface area contributed by atoms with Gasteiger partial charge in [0, 0.05) is 24.2 Å². The predicted octanol–water partition coefficient (Wildman–Crippen LogP) is 2.99. The van der Waals surface area contributed by atoms with E-state index in [4.69, 9.17) is 0 Å². The van der Waals surface area contributed by atoms with Gasteiger partial charge in [0.2, 0.25) is 15.9 Å². The highest BCUT2D eigenvalue weighted by molar-refractivity contribution is 7.92. The first kappa shape index (κ1) is 19.7. The summed E-state index contributed by atoms with van der Waals surface area (Å²) in [6.07, 6.45) is 1.10. The summed E-state index contributed by atoms with van der Waals surface area (Å²) in [5.41, 5.74) is 2.61. The molecule has 2 aromatic rings. The molecule has 2 rings (SSSR count). The molecular formula is C19H22N2O4S. The average Bonchev–Trinajstić information content (AvgIpc) is 2.54. The Hall–Kier alpha value is -2.67. The van der Waals surface area contributed by atoms with Crippen molar-refractivity contribution in [1.82, 2.24) is 0 Å². The van der Waals surface area contributed by atoms with Crippen LogP contribution in [0.3, 0.4) is 0 Å². The van der Waals surface area contributed by atoms with E-state index in [0.29, 0.717) is 16.9 Å². The van der Waals surface area contributed by atoms with Crippen molar-refractivity contribution in [3.63, 3.8) is 0 Å². The molecule has 2 aromatic carbocycles. The largest absolute Gasteiger partial charge is 0.326 e. The molecule has 7 heteroatoms. The van der Waals surface area contributed by atoms with E-state index < -0.39 is 10.0 Å². The fourth-order valence-corrected chi connectivity index (χ4v) is 3.43. The highest BCUT2D eigenvalue weighted by atomic mass is 32.2. The van der Waals surface area contributed by atoms with Gasteiger partial charge in [0.05, 0.1) is 11.9 Å². The van der Waals surface area contributed by atoms with Crippen molar-refractivity contribution in [2.24, 2.45) is 0 Å². The number of aryl methyl sites for hydroxylation is 1. The first-order chi connectivity index (χ1) is 12.2. The topological polar surface area (TPSA) is 83.6 Å². The van der Waals surface area contributed by atoms with Crippen molar-refractivity contribution < 1.29 is 18.0 Å². The zero-order chi connectivity index (χ0) is 19.3. The minimum atomic E-state index is -3.56. The Labute approximate surface area is 153 Å². The number of hydrogen-bond acceptors (Lipinski definition) is 4. The summed E-state index contributed by atoms with van der Waals surface area (Å²) in [7, 11) is -3.56. The molecule has 0 fully saturated rings. The molecule has 0 aliphatic heterocycles. The summed E-state index contributed by atoms with van der Waals surface area (Å²) < 4.78 is 25.3. The van der Waals surface area contributed by atoms with Gasteiger partial charge >= 0.3 is 0 Å². The minimum Gasteiger partial charge on any atom is -0.326 e. The van der Waals surface area contributed by atoms with Crippen LogP contribution in [0.5, 0.6) is 0 Å². The van der Waals surface area contributed by atoms with Crippen LogP contribution in [0, 0.1) is 6.92 Å². The monoisotopic (exact) mass is 374 g/mol. The van der Waals surface area contributed by atoms with Crippen LogP contribution in [0.15, 0.2) is 48.5 Å². The van der Waals surface area contributed by atoms with Crippen LogP contribution in [0.25, 0.3) is 0 Å². The molecule has 1 amide bonds. The molecule has 0 saturated carbocycles. The number of amides is 1. The molecule has 0 atom stereocenters. The lowest BCUT2D eigenvalue weighted by atomic mass is 10.1. The third-order valence-electron chi connectivity index (χ3n) is 3.81. The van der Waals surface area contributed by atoms with E-state index in [1.54, 1.807) is 30.3 Å². The second kappa shape index (κ2) is 8.14. The maximum atomic E-state index is 12.2. The molecule has 6 nitrogen and oxygen atoms in total. The number of ketones is 1. The van der Waals surface area contributed by atoms with Crippen molar-refractivity contribution >= 4 is 33.1 Å². The number of carbonyl (C=O) groups is 2. The first-order valence-electron chi connectivity index (χ1n) is 8.12. The molecule has 1 N–H and O–H groups in total. The lowest BCUT2D eigenvalue weighted by Crippen LogP contribution is -2.33. The lowest BCUT2D eigenvalue weighted by molar-refractivity contribution is -0.116. The van der Waals surface area contributed by atoms with Gasteiger partial charge in [-0.1, -0.05) is 12.1 Å². The van der Waals surface area contributed by atoms with Gasteiger partial charge in [0.1, 0.15) is 0 Å². The zero-order valence-corrected chi connectivity index (χ0v) is 15.8. The number of hydrogen-bond donors (Lipinski definition) is 1. The van der Waals surface area contributed by atoms with Gasteiger partial charge in [0.15, 0.2) is 5.78 Å². The van der Waals surface area contributed by atoms with Gasteiger partial charge < -0.3 is 5.32 Å². The van der Waals surface area contributed by atoms with Crippen LogP contribution in [0.4, 0.5) is 11.4 Å². The molecule has 138 valence electrons. The van der Waals surface area contributed by atoms with Crippen molar-refractivity contribution in [2.45, 2.75) is 20.3 Å². The third-order valence-corrected chi connectivity index (χ3v) is 5.00. The summed E-state index contributed by atoms with van der Waals surface area (Å²) in [6.45, 7) is 3.38. The highest BCUT2D eigenvalue weighted by Crippen LogP contribution is 2.19. The fourth-order valence-electron chi connectivity index (χ4n) is 2.50. The van der Waals surface area contributed by atoms with E-state index in [0.717, 1.165) is 16.1 Å². The quantitative estimate of drug-likeness (QED) is 0.755. The molecule has 0 aromatic heterocycles. The Balaban J connectivity index is 2.09. The fraction of sp³-hybridized carbons (Fsp3) is 0.263. The van der Waals surface area contributed by atoms with Gasteiger partial charge in [0.25, 0.3) is 0 Å². The Kier molecular flexibility index (Phi) is 6.15. The van der Waals surface area contributed by atoms with Gasteiger partial charge in [-0.15, -0.1) is 0 Å². The number of nitrogens with one attached hydrogen (secondary N) is 1. The SMILES string of the molecule is CC(=O)c1ccc(N(CCC(=O)Nc2cccc(C)c2)S(C)(=O)=O)cc1. The van der Waals surface area contributed by atoms with Crippen LogP contribution >= 0.6 is 0 Å². The summed E-state index contributed by atoms with van der Waals surface area (Å²) >= 11 is 0. The minimum absolute atomic E-state index is 0.00940. The van der Waals surface area contributed by atoms with Crippen LogP contribution < -0.4 is 9.62 Å². The number of rotatable bonds is 7. The molecule has 0 saturated heterocycles. The first-order valence-corrected chi connectivity index (χ1v) is 9.97. The van der Waals surface area contributed by atoms with Crippen molar-refractivity contribution in [3.05, 3.63) is 59.7 Å².